The summed E-state index contributed by atoms with van der Waals surface area (Å²) >= 11 is 0. The second-order valence-corrected chi connectivity index (χ2v) is 8.12. The van der Waals surface area contributed by atoms with Crippen LogP contribution in [0.5, 0.6) is 5.75 Å². The number of para-hydroxylation sites is 2. The van der Waals surface area contributed by atoms with Crippen LogP contribution in [0.2, 0.25) is 0 Å². The van der Waals surface area contributed by atoms with Crippen molar-refractivity contribution in [3.63, 3.8) is 0 Å². The maximum absolute atomic E-state index is 12.5. The van der Waals surface area contributed by atoms with Crippen LogP contribution in [0.1, 0.15) is 27.8 Å². The van der Waals surface area contributed by atoms with E-state index in [9.17, 15) is 4.79 Å². The number of fused-ring (bicyclic) bond motifs is 2. The SMILES string of the molecule is CNC(=O)c1cc([C@@H]2CN(Cc3ccc4cccc(OC)c4n3)CCO2)nc2ccccc12. The summed E-state index contributed by atoms with van der Waals surface area (Å²) in [5, 5.41) is 4.62. The van der Waals surface area contributed by atoms with E-state index in [4.69, 9.17) is 19.4 Å². The van der Waals surface area contributed by atoms with E-state index >= 15 is 0 Å². The Kier molecular flexibility index (Phi) is 5.90. The number of carbonyl (C=O) groups is 1. The Morgan fingerprint density at radius 1 is 1.15 bits per heavy atom. The van der Waals surface area contributed by atoms with Crippen molar-refractivity contribution in [3.05, 3.63) is 77.6 Å². The molecule has 7 heteroatoms. The Morgan fingerprint density at radius 3 is 2.88 bits per heavy atom. The van der Waals surface area contributed by atoms with Crippen molar-refractivity contribution in [2.75, 3.05) is 33.9 Å². The summed E-state index contributed by atoms with van der Waals surface area (Å²) in [6.07, 6.45) is -0.221. The number of morpholine rings is 1. The third-order valence-corrected chi connectivity index (χ3v) is 6.03. The van der Waals surface area contributed by atoms with Crippen molar-refractivity contribution in [3.8, 4) is 5.75 Å². The smallest absolute Gasteiger partial charge is 0.251 e. The van der Waals surface area contributed by atoms with Gasteiger partial charge in [-0.1, -0.05) is 36.4 Å². The lowest BCUT2D eigenvalue weighted by Gasteiger charge is -2.32. The third kappa shape index (κ3) is 4.25. The molecule has 1 aliphatic heterocycles. The van der Waals surface area contributed by atoms with Gasteiger partial charge in [-0.15, -0.1) is 0 Å². The normalized spacial score (nSPS) is 16.7. The molecule has 0 unspecified atom stereocenters. The topological polar surface area (TPSA) is 76.6 Å². The van der Waals surface area contributed by atoms with Gasteiger partial charge in [-0.05, 0) is 24.3 Å². The van der Waals surface area contributed by atoms with Gasteiger partial charge in [0, 0.05) is 37.5 Å². The summed E-state index contributed by atoms with van der Waals surface area (Å²) in [6, 6.07) is 19.6. The van der Waals surface area contributed by atoms with Crippen LogP contribution in [0, 0.1) is 0 Å². The van der Waals surface area contributed by atoms with E-state index in [1.165, 1.54) is 0 Å². The molecular weight excluding hydrogens is 416 g/mol. The number of amides is 1. The maximum atomic E-state index is 12.5. The fourth-order valence-corrected chi connectivity index (χ4v) is 4.35. The highest BCUT2D eigenvalue weighted by atomic mass is 16.5. The van der Waals surface area contributed by atoms with Gasteiger partial charge in [-0.2, -0.15) is 0 Å². The summed E-state index contributed by atoms with van der Waals surface area (Å²) in [5.74, 6) is 0.646. The highest BCUT2D eigenvalue weighted by molar-refractivity contribution is 6.06. The molecule has 0 radical (unpaired) electrons. The zero-order valence-electron chi connectivity index (χ0n) is 18.7. The minimum atomic E-state index is -0.221. The first-order valence-corrected chi connectivity index (χ1v) is 11.0. The molecule has 2 aromatic heterocycles. The van der Waals surface area contributed by atoms with Crippen LogP contribution in [0.3, 0.4) is 0 Å². The van der Waals surface area contributed by atoms with Crippen molar-refractivity contribution >= 4 is 27.7 Å². The second kappa shape index (κ2) is 9.13. The molecule has 7 nitrogen and oxygen atoms in total. The minimum Gasteiger partial charge on any atom is -0.494 e. The van der Waals surface area contributed by atoms with E-state index < -0.39 is 0 Å². The summed E-state index contributed by atoms with van der Waals surface area (Å²) in [5.41, 5.74) is 4.02. The second-order valence-electron chi connectivity index (χ2n) is 8.12. The fourth-order valence-electron chi connectivity index (χ4n) is 4.35. The van der Waals surface area contributed by atoms with Crippen LogP contribution >= 0.6 is 0 Å². The van der Waals surface area contributed by atoms with E-state index in [1.807, 2.05) is 48.5 Å². The largest absolute Gasteiger partial charge is 0.494 e. The third-order valence-electron chi connectivity index (χ3n) is 6.03. The van der Waals surface area contributed by atoms with Crippen molar-refractivity contribution < 1.29 is 14.3 Å². The number of methoxy groups -OCH3 is 1. The van der Waals surface area contributed by atoms with Crippen LogP contribution in [0.4, 0.5) is 0 Å². The number of nitrogens with zero attached hydrogens (tertiary/aromatic N) is 3. The van der Waals surface area contributed by atoms with Gasteiger partial charge in [-0.3, -0.25) is 9.69 Å². The number of carbonyl (C=O) groups excluding carboxylic acids is 1. The Labute approximate surface area is 192 Å². The molecule has 2 aromatic carbocycles. The average molecular weight is 443 g/mol. The Balaban J connectivity index is 1.41. The predicted octanol–water partition coefficient (Wildman–Crippen LogP) is 3.72. The zero-order valence-corrected chi connectivity index (χ0v) is 18.7. The molecule has 1 N–H and O–H groups in total. The monoisotopic (exact) mass is 442 g/mol. The first-order chi connectivity index (χ1) is 16.2. The van der Waals surface area contributed by atoms with Crippen molar-refractivity contribution in [1.82, 2.24) is 20.2 Å². The molecule has 4 aromatic rings. The van der Waals surface area contributed by atoms with Crippen LogP contribution in [-0.4, -0.2) is 54.6 Å². The molecule has 0 bridgehead atoms. The van der Waals surface area contributed by atoms with Crippen LogP contribution < -0.4 is 10.1 Å². The number of rotatable bonds is 5. The predicted molar refractivity (Wildman–Crippen MR) is 127 cm³/mol. The molecule has 1 fully saturated rings. The lowest BCUT2D eigenvalue weighted by atomic mass is 10.0. The van der Waals surface area contributed by atoms with Gasteiger partial charge >= 0.3 is 0 Å². The van der Waals surface area contributed by atoms with E-state index in [1.54, 1.807) is 14.2 Å². The summed E-state index contributed by atoms with van der Waals surface area (Å²) in [6.45, 7) is 2.76. The van der Waals surface area contributed by atoms with Gasteiger partial charge in [0.05, 0.1) is 36.2 Å². The summed E-state index contributed by atoms with van der Waals surface area (Å²) < 4.78 is 11.6. The lowest BCUT2D eigenvalue weighted by Crippen LogP contribution is -2.38. The average Bonchev–Trinajstić information content (AvgIpc) is 2.87. The van der Waals surface area contributed by atoms with Gasteiger partial charge in [0.2, 0.25) is 0 Å². The van der Waals surface area contributed by atoms with Gasteiger partial charge in [0.1, 0.15) is 17.4 Å². The van der Waals surface area contributed by atoms with E-state index in [-0.39, 0.29) is 12.0 Å². The quantitative estimate of drug-likeness (QED) is 0.508. The van der Waals surface area contributed by atoms with Gasteiger partial charge in [0.25, 0.3) is 5.91 Å². The van der Waals surface area contributed by atoms with Crippen molar-refractivity contribution in [1.29, 1.82) is 0 Å². The van der Waals surface area contributed by atoms with Gasteiger partial charge < -0.3 is 14.8 Å². The number of pyridine rings is 2. The van der Waals surface area contributed by atoms with Crippen LogP contribution in [0.15, 0.2) is 60.7 Å². The Bertz CT molecular complexity index is 1320. The Morgan fingerprint density at radius 2 is 2.03 bits per heavy atom. The minimum absolute atomic E-state index is 0.128. The van der Waals surface area contributed by atoms with Crippen LogP contribution in [-0.2, 0) is 11.3 Å². The van der Waals surface area contributed by atoms with Gasteiger partial charge in [0.15, 0.2) is 0 Å². The first-order valence-electron chi connectivity index (χ1n) is 11.0. The lowest BCUT2D eigenvalue weighted by molar-refractivity contribution is -0.0351. The highest BCUT2D eigenvalue weighted by Gasteiger charge is 2.25. The highest BCUT2D eigenvalue weighted by Crippen LogP contribution is 2.28. The standard InChI is InChI=1S/C26H26N4O3/c1-27-26(31)20-14-22(29-21-8-4-3-7-19(20)21)24-16-30(12-13-33-24)15-18-11-10-17-6-5-9-23(32-2)25(17)28-18/h3-11,14,24H,12-13,15-16H2,1-2H3,(H,27,31)/t24-/m0/s1. The van der Waals surface area contributed by atoms with E-state index in [2.05, 4.69) is 22.3 Å². The molecule has 1 saturated heterocycles. The molecule has 1 aliphatic rings. The number of aromatic nitrogens is 2. The maximum Gasteiger partial charge on any atom is 0.251 e. The molecule has 3 heterocycles. The number of hydrogen-bond donors (Lipinski definition) is 1. The number of ether oxygens (including phenoxy) is 2. The fraction of sp³-hybridized carbons (Fsp3) is 0.269. The number of hydrogen-bond acceptors (Lipinski definition) is 6. The molecule has 0 spiro atoms. The Hall–Kier alpha value is -3.55. The molecule has 0 saturated carbocycles. The molecule has 0 aliphatic carbocycles. The molecule has 5 rings (SSSR count). The van der Waals surface area contributed by atoms with Crippen molar-refractivity contribution in [2.45, 2.75) is 12.6 Å². The molecule has 168 valence electrons. The first kappa shape index (κ1) is 21.3. The molecule has 1 amide bonds. The molecular formula is C26H26N4O3. The number of nitrogens with one attached hydrogen (secondary N) is 1. The molecule has 33 heavy (non-hydrogen) atoms. The van der Waals surface area contributed by atoms with Crippen LogP contribution in [0.25, 0.3) is 21.8 Å². The number of benzene rings is 2. The zero-order chi connectivity index (χ0) is 22.8. The van der Waals surface area contributed by atoms with Gasteiger partial charge in [-0.25, -0.2) is 9.97 Å². The summed E-state index contributed by atoms with van der Waals surface area (Å²) in [7, 11) is 3.31. The van der Waals surface area contributed by atoms with Crippen molar-refractivity contribution in [2.24, 2.45) is 0 Å². The molecule has 1 atom stereocenters. The van der Waals surface area contributed by atoms with E-state index in [0.717, 1.165) is 45.5 Å². The van der Waals surface area contributed by atoms with E-state index in [0.29, 0.717) is 25.3 Å². The summed E-state index contributed by atoms with van der Waals surface area (Å²) in [4.78, 5) is 24.5.